The van der Waals surface area contributed by atoms with Crippen molar-refractivity contribution in [2.24, 2.45) is 11.7 Å². The number of fused-ring (bicyclic) bond motifs is 1. The molecular formula is C20H23N3O3. The number of carbonyl (C=O) groups is 3. The van der Waals surface area contributed by atoms with Crippen LogP contribution in [0, 0.1) is 5.92 Å². The van der Waals surface area contributed by atoms with Crippen LogP contribution in [0.25, 0.3) is 10.8 Å². The highest BCUT2D eigenvalue weighted by Gasteiger charge is 2.25. The second-order valence-electron chi connectivity index (χ2n) is 6.65. The van der Waals surface area contributed by atoms with Crippen LogP contribution < -0.4 is 11.1 Å². The number of likely N-dealkylation sites (tertiary alicyclic amines) is 1. The number of nitrogens with zero attached hydrogens (tertiary/aromatic N) is 1. The van der Waals surface area contributed by atoms with Crippen LogP contribution in [0.2, 0.25) is 0 Å². The zero-order valence-corrected chi connectivity index (χ0v) is 14.6. The van der Waals surface area contributed by atoms with E-state index in [2.05, 4.69) is 5.32 Å². The first kappa shape index (κ1) is 17.9. The van der Waals surface area contributed by atoms with Gasteiger partial charge in [0.2, 0.25) is 17.7 Å². The molecule has 2 aromatic rings. The molecule has 0 radical (unpaired) electrons. The number of hydrogen-bond donors (Lipinski definition) is 2. The molecule has 3 N–H and O–H groups in total. The second-order valence-corrected chi connectivity index (χ2v) is 6.65. The van der Waals surface area contributed by atoms with Crippen molar-refractivity contribution in [1.29, 1.82) is 0 Å². The molecule has 6 nitrogen and oxygen atoms in total. The second kappa shape index (κ2) is 7.99. The Morgan fingerprint density at radius 1 is 1.04 bits per heavy atom. The minimum Gasteiger partial charge on any atom is -0.369 e. The van der Waals surface area contributed by atoms with Gasteiger partial charge in [-0.1, -0.05) is 42.5 Å². The number of amides is 3. The summed E-state index contributed by atoms with van der Waals surface area (Å²) in [6.45, 7) is 0.988. The summed E-state index contributed by atoms with van der Waals surface area (Å²) in [5.74, 6) is -0.763. The Hall–Kier alpha value is -2.89. The van der Waals surface area contributed by atoms with Gasteiger partial charge in [0.15, 0.2) is 0 Å². The topological polar surface area (TPSA) is 92.5 Å². The summed E-state index contributed by atoms with van der Waals surface area (Å²) in [6.07, 6.45) is 1.41. The molecule has 1 saturated heterocycles. The Bertz CT molecular complexity index is 821. The number of nitrogens with one attached hydrogen (secondary N) is 1. The van der Waals surface area contributed by atoms with Gasteiger partial charge in [0.1, 0.15) is 0 Å². The van der Waals surface area contributed by atoms with Crippen molar-refractivity contribution in [1.82, 2.24) is 10.2 Å². The van der Waals surface area contributed by atoms with E-state index < -0.39 is 0 Å². The predicted octanol–water partition coefficient (Wildman–Crippen LogP) is 1.22. The molecular weight excluding hydrogens is 330 g/mol. The first-order valence-corrected chi connectivity index (χ1v) is 8.85. The molecule has 2 aromatic carbocycles. The van der Waals surface area contributed by atoms with Crippen LogP contribution in [0.3, 0.4) is 0 Å². The molecule has 1 heterocycles. The normalized spacial score (nSPS) is 15.0. The molecule has 0 aromatic heterocycles. The lowest BCUT2D eigenvalue weighted by Gasteiger charge is -2.30. The predicted molar refractivity (Wildman–Crippen MR) is 99.2 cm³/mol. The Kier molecular flexibility index (Phi) is 5.51. The monoisotopic (exact) mass is 353 g/mol. The maximum absolute atomic E-state index is 12.2. The summed E-state index contributed by atoms with van der Waals surface area (Å²) in [5, 5.41) is 4.84. The van der Waals surface area contributed by atoms with Crippen LogP contribution >= 0.6 is 0 Å². The molecule has 0 spiro atoms. The highest BCUT2D eigenvalue weighted by molar-refractivity contribution is 5.91. The third-order valence-corrected chi connectivity index (χ3v) is 4.92. The molecule has 6 heteroatoms. The van der Waals surface area contributed by atoms with E-state index in [4.69, 9.17) is 5.73 Å². The molecule has 1 aliphatic rings. The minimum atomic E-state index is -0.305. The van der Waals surface area contributed by atoms with Crippen molar-refractivity contribution in [3.05, 3.63) is 48.0 Å². The SMILES string of the molecule is NC(=O)C1CCN(C(=O)CNC(=O)Cc2cccc3ccccc23)CC1. The molecule has 0 unspecified atom stereocenters. The van der Waals surface area contributed by atoms with Gasteiger partial charge >= 0.3 is 0 Å². The fourth-order valence-corrected chi connectivity index (χ4v) is 3.38. The lowest BCUT2D eigenvalue weighted by Crippen LogP contribution is -2.46. The molecule has 0 bridgehead atoms. The third-order valence-electron chi connectivity index (χ3n) is 4.92. The Morgan fingerprint density at radius 2 is 1.73 bits per heavy atom. The number of carbonyl (C=O) groups excluding carboxylic acids is 3. The average molecular weight is 353 g/mol. The highest BCUT2D eigenvalue weighted by atomic mass is 16.2. The van der Waals surface area contributed by atoms with Crippen molar-refractivity contribution >= 4 is 28.5 Å². The van der Waals surface area contributed by atoms with Crippen LogP contribution in [-0.2, 0) is 20.8 Å². The first-order chi connectivity index (χ1) is 12.5. The van der Waals surface area contributed by atoms with Crippen LogP contribution in [-0.4, -0.2) is 42.3 Å². The summed E-state index contributed by atoms with van der Waals surface area (Å²) >= 11 is 0. The van der Waals surface area contributed by atoms with Crippen molar-refractivity contribution in [3.8, 4) is 0 Å². The standard InChI is InChI=1S/C20H23N3O3/c21-20(26)15-8-10-23(11-9-15)19(25)13-22-18(24)12-16-6-3-5-14-4-1-2-7-17(14)16/h1-7,15H,8-13H2,(H2,21,26)(H,22,24). The zero-order valence-electron chi connectivity index (χ0n) is 14.6. The van der Waals surface area contributed by atoms with Gasteiger partial charge < -0.3 is 16.0 Å². The third kappa shape index (κ3) is 4.20. The van der Waals surface area contributed by atoms with Gasteiger partial charge in [-0.15, -0.1) is 0 Å². The van der Waals surface area contributed by atoms with Crippen LogP contribution in [0.5, 0.6) is 0 Å². The summed E-state index contributed by atoms with van der Waals surface area (Å²) in [5.41, 5.74) is 6.24. The highest BCUT2D eigenvalue weighted by Crippen LogP contribution is 2.19. The van der Waals surface area contributed by atoms with E-state index in [1.165, 1.54) is 0 Å². The van der Waals surface area contributed by atoms with Crippen LogP contribution in [0.4, 0.5) is 0 Å². The number of benzene rings is 2. The maximum atomic E-state index is 12.2. The molecule has 1 aliphatic heterocycles. The summed E-state index contributed by atoms with van der Waals surface area (Å²) in [7, 11) is 0. The van der Waals surface area contributed by atoms with Crippen molar-refractivity contribution < 1.29 is 14.4 Å². The molecule has 136 valence electrons. The van der Waals surface area contributed by atoms with Gasteiger partial charge in [0.25, 0.3) is 0 Å². The van der Waals surface area contributed by atoms with E-state index in [0.717, 1.165) is 16.3 Å². The molecule has 3 rings (SSSR count). The van der Waals surface area contributed by atoms with Crippen molar-refractivity contribution in [2.45, 2.75) is 19.3 Å². The van der Waals surface area contributed by atoms with Gasteiger partial charge in [0.05, 0.1) is 13.0 Å². The Morgan fingerprint density at radius 3 is 2.46 bits per heavy atom. The number of piperidine rings is 1. The van der Waals surface area contributed by atoms with Gasteiger partial charge in [-0.3, -0.25) is 14.4 Å². The van der Waals surface area contributed by atoms with Gasteiger partial charge in [-0.25, -0.2) is 0 Å². The van der Waals surface area contributed by atoms with E-state index in [0.29, 0.717) is 25.9 Å². The van der Waals surface area contributed by atoms with Gasteiger partial charge in [-0.2, -0.15) is 0 Å². The quantitative estimate of drug-likeness (QED) is 0.846. The zero-order chi connectivity index (χ0) is 18.5. The molecule has 3 amide bonds. The molecule has 0 aliphatic carbocycles. The number of hydrogen-bond acceptors (Lipinski definition) is 3. The smallest absolute Gasteiger partial charge is 0.241 e. The largest absolute Gasteiger partial charge is 0.369 e. The van der Waals surface area contributed by atoms with Gasteiger partial charge in [0, 0.05) is 19.0 Å². The average Bonchev–Trinajstić information content (AvgIpc) is 2.66. The first-order valence-electron chi connectivity index (χ1n) is 8.85. The number of nitrogens with two attached hydrogens (primary N) is 1. The Labute approximate surface area is 152 Å². The van der Waals surface area contributed by atoms with Crippen molar-refractivity contribution in [2.75, 3.05) is 19.6 Å². The number of primary amides is 1. The lowest BCUT2D eigenvalue weighted by molar-refractivity contribution is -0.135. The fourth-order valence-electron chi connectivity index (χ4n) is 3.38. The van der Waals surface area contributed by atoms with Crippen molar-refractivity contribution in [3.63, 3.8) is 0 Å². The molecule has 0 saturated carbocycles. The summed E-state index contributed by atoms with van der Waals surface area (Å²) in [4.78, 5) is 37.3. The minimum absolute atomic E-state index is 0.0230. The van der Waals surface area contributed by atoms with E-state index in [9.17, 15) is 14.4 Å². The molecule has 26 heavy (non-hydrogen) atoms. The van der Waals surface area contributed by atoms with E-state index >= 15 is 0 Å². The summed E-state index contributed by atoms with van der Waals surface area (Å²) < 4.78 is 0. The van der Waals surface area contributed by atoms with E-state index in [1.54, 1.807) is 4.90 Å². The summed E-state index contributed by atoms with van der Waals surface area (Å²) in [6, 6.07) is 13.8. The fraction of sp³-hybridized carbons (Fsp3) is 0.350. The number of rotatable bonds is 5. The Balaban J connectivity index is 1.51. The van der Waals surface area contributed by atoms with Gasteiger partial charge in [-0.05, 0) is 29.2 Å². The lowest BCUT2D eigenvalue weighted by atomic mass is 9.96. The molecule has 1 fully saturated rings. The van der Waals surface area contributed by atoms with Crippen LogP contribution in [0.1, 0.15) is 18.4 Å². The van der Waals surface area contributed by atoms with E-state index in [1.807, 2.05) is 42.5 Å². The van der Waals surface area contributed by atoms with Crippen LogP contribution in [0.15, 0.2) is 42.5 Å². The van der Waals surface area contributed by atoms with E-state index in [-0.39, 0.29) is 36.6 Å². The molecule has 0 atom stereocenters. The maximum Gasteiger partial charge on any atom is 0.241 e.